The van der Waals surface area contributed by atoms with Gasteiger partial charge in [-0.2, -0.15) is 0 Å². The monoisotopic (exact) mass is 231 g/mol. The van der Waals surface area contributed by atoms with E-state index in [-0.39, 0.29) is 6.04 Å². The maximum atomic E-state index is 6.15. The van der Waals surface area contributed by atoms with Gasteiger partial charge in [0.15, 0.2) is 0 Å². The minimum absolute atomic E-state index is 0.223. The highest BCUT2D eigenvalue weighted by Crippen LogP contribution is 2.17. The molecule has 1 aromatic carbocycles. The van der Waals surface area contributed by atoms with E-state index in [1.165, 1.54) is 15.3 Å². The Morgan fingerprint density at radius 1 is 1.06 bits per heavy atom. The Balaban J connectivity index is 1.92. The summed E-state index contributed by atoms with van der Waals surface area (Å²) in [4.78, 5) is 2.75. The van der Waals surface area contributed by atoms with Gasteiger partial charge in [0.25, 0.3) is 0 Å². The van der Waals surface area contributed by atoms with Gasteiger partial charge in [0, 0.05) is 15.8 Å². The van der Waals surface area contributed by atoms with E-state index in [1.54, 1.807) is 0 Å². The van der Waals surface area contributed by atoms with Crippen molar-refractivity contribution in [2.24, 2.45) is 5.73 Å². The number of hydrogen-bond donors (Lipinski definition) is 1. The Morgan fingerprint density at radius 2 is 1.81 bits per heavy atom. The molecule has 1 nitrogen and oxygen atoms in total. The first kappa shape index (κ1) is 11.4. The predicted molar refractivity (Wildman–Crippen MR) is 70.9 cm³/mol. The van der Waals surface area contributed by atoms with Crippen LogP contribution in [0.2, 0.25) is 0 Å². The average molecular weight is 231 g/mol. The number of benzene rings is 1. The van der Waals surface area contributed by atoms with E-state index in [0.29, 0.717) is 0 Å². The molecule has 1 aromatic heterocycles. The smallest absolute Gasteiger partial charge is 0.0128 e. The topological polar surface area (TPSA) is 26.0 Å². The molecule has 2 N–H and O–H groups in total. The van der Waals surface area contributed by atoms with Crippen LogP contribution in [-0.2, 0) is 12.8 Å². The van der Waals surface area contributed by atoms with Crippen LogP contribution in [0.1, 0.15) is 15.3 Å². The Hall–Kier alpha value is -1.12. The van der Waals surface area contributed by atoms with Crippen molar-refractivity contribution >= 4 is 11.3 Å². The summed E-state index contributed by atoms with van der Waals surface area (Å²) in [6.45, 7) is 2.14. The van der Waals surface area contributed by atoms with E-state index < -0.39 is 0 Å². The third-order valence-corrected chi connectivity index (χ3v) is 3.62. The zero-order valence-corrected chi connectivity index (χ0v) is 10.3. The quantitative estimate of drug-likeness (QED) is 0.859. The highest BCUT2D eigenvalue weighted by Gasteiger charge is 2.06. The number of aryl methyl sites for hydroxylation is 1. The van der Waals surface area contributed by atoms with Crippen molar-refractivity contribution in [1.29, 1.82) is 0 Å². The minimum Gasteiger partial charge on any atom is -0.327 e. The fraction of sp³-hybridized carbons (Fsp3) is 0.286. The molecule has 16 heavy (non-hydrogen) atoms. The molecule has 1 atom stereocenters. The van der Waals surface area contributed by atoms with Gasteiger partial charge in [-0.25, -0.2) is 0 Å². The van der Waals surface area contributed by atoms with Gasteiger partial charge in [0.1, 0.15) is 0 Å². The maximum Gasteiger partial charge on any atom is 0.0128 e. The molecule has 84 valence electrons. The van der Waals surface area contributed by atoms with Crippen molar-refractivity contribution < 1.29 is 0 Å². The fourth-order valence-corrected chi connectivity index (χ4v) is 2.83. The second-order valence-electron chi connectivity index (χ2n) is 4.17. The lowest BCUT2D eigenvalue weighted by Gasteiger charge is -2.10. The summed E-state index contributed by atoms with van der Waals surface area (Å²) in [5.41, 5.74) is 7.48. The van der Waals surface area contributed by atoms with Crippen LogP contribution in [0.3, 0.4) is 0 Å². The van der Waals surface area contributed by atoms with Crippen LogP contribution in [-0.4, -0.2) is 6.04 Å². The van der Waals surface area contributed by atoms with E-state index in [0.717, 1.165) is 12.8 Å². The molecule has 1 unspecified atom stereocenters. The fourth-order valence-electron chi connectivity index (χ4n) is 1.84. The normalized spacial score (nSPS) is 12.6. The summed E-state index contributed by atoms with van der Waals surface area (Å²) in [7, 11) is 0. The first-order chi connectivity index (χ1) is 7.74. The molecule has 1 heterocycles. The third kappa shape index (κ3) is 3.19. The standard InChI is InChI=1S/C14H17NS/c1-11-7-8-14(16-11)10-13(15)9-12-5-3-2-4-6-12/h2-8,13H,9-10,15H2,1H3. The molecule has 0 radical (unpaired) electrons. The first-order valence-corrected chi connectivity index (χ1v) is 6.40. The van der Waals surface area contributed by atoms with Crippen LogP contribution in [0, 0.1) is 6.92 Å². The van der Waals surface area contributed by atoms with Crippen LogP contribution in [0.4, 0.5) is 0 Å². The van der Waals surface area contributed by atoms with Crippen molar-refractivity contribution in [2.45, 2.75) is 25.8 Å². The lowest BCUT2D eigenvalue weighted by Crippen LogP contribution is -2.24. The van der Waals surface area contributed by atoms with Crippen molar-refractivity contribution in [1.82, 2.24) is 0 Å². The maximum absolute atomic E-state index is 6.15. The molecule has 0 bridgehead atoms. The molecule has 0 aliphatic carbocycles. The van der Waals surface area contributed by atoms with E-state index >= 15 is 0 Å². The molecular weight excluding hydrogens is 214 g/mol. The highest BCUT2D eigenvalue weighted by molar-refractivity contribution is 7.11. The van der Waals surface area contributed by atoms with Crippen LogP contribution in [0.5, 0.6) is 0 Å². The Bertz CT molecular complexity index is 433. The van der Waals surface area contributed by atoms with Crippen molar-refractivity contribution in [3.8, 4) is 0 Å². The second-order valence-corrected chi connectivity index (χ2v) is 5.54. The van der Waals surface area contributed by atoms with Crippen LogP contribution >= 0.6 is 11.3 Å². The molecule has 0 saturated heterocycles. The zero-order chi connectivity index (χ0) is 11.4. The van der Waals surface area contributed by atoms with Crippen LogP contribution in [0.25, 0.3) is 0 Å². The summed E-state index contributed by atoms with van der Waals surface area (Å²) < 4.78 is 0. The molecule has 0 amide bonds. The Kier molecular flexibility index (Phi) is 3.75. The molecular formula is C14H17NS. The van der Waals surface area contributed by atoms with Crippen molar-refractivity contribution in [2.75, 3.05) is 0 Å². The van der Waals surface area contributed by atoms with Gasteiger partial charge >= 0.3 is 0 Å². The van der Waals surface area contributed by atoms with Gasteiger partial charge in [0.05, 0.1) is 0 Å². The SMILES string of the molecule is Cc1ccc(CC(N)Cc2ccccc2)s1. The van der Waals surface area contributed by atoms with E-state index in [2.05, 4.69) is 43.3 Å². The molecule has 2 aromatic rings. The lowest BCUT2D eigenvalue weighted by atomic mass is 10.0. The molecule has 0 fully saturated rings. The van der Waals surface area contributed by atoms with E-state index in [4.69, 9.17) is 5.73 Å². The lowest BCUT2D eigenvalue weighted by molar-refractivity contribution is 0.671. The second kappa shape index (κ2) is 5.28. The average Bonchev–Trinajstić information content (AvgIpc) is 2.65. The predicted octanol–water partition coefficient (Wildman–Crippen LogP) is 3.17. The van der Waals surface area contributed by atoms with E-state index in [9.17, 15) is 0 Å². The van der Waals surface area contributed by atoms with Gasteiger partial charge in [-0.05, 0) is 37.5 Å². The number of hydrogen-bond acceptors (Lipinski definition) is 2. The summed E-state index contributed by atoms with van der Waals surface area (Å²) >= 11 is 1.85. The van der Waals surface area contributed by atoms with E-state index in [1.807, 2.05) is 17.4 Å². The third-order valence-electron chi connectivity index (χ3n) is 2.60. The van der Waals surface area contributed by atoms with Crippen LogP contribution < -0.4 is 5.73 Å². The summed E-state index contributed by atoms with van der Waals surface area (Å²) in [5.74, 6) is 0. The minimum atomic E-state index is 0.223. The van der Waals surface area contributed by atoms with Crippen LogP contribution in [0.15, 0.2) is 42.5 Å². The molecule has 2 heteroatoms. The first-order valence-electron chi connectivity index (χ1n) is 5.59. The molecule has 2 rings (SSSR count). The molecule has 0 aliphatic heterocycles. The van der Waals surface area contributed by atoms with Crippen molar-refractivity contribution in [3.63, 3.8) is 0 Å². The molecule has 0 saturated carbocycles. The largest absolute Gasteiger partial charge is 0.327 e. The zero-order valence-electron chi connectivity index (χ0n) is 9.52. The summed E-state index contributed by atoms with van der Waals surface area (Å²) in [5, 5.41) is 0. The van der Waals surface area contributed by atoms with Gasteiger partial charge < -0.3 is 5.73 Å². The summed E-state index contributed by atoms with van der Waals surface area (Å²) in [6, 6.07) is 15.0. The number of thiophene rings is 1. The van der Waals surface area contributed by atoms with Gasteiger partial charge in [-0.1, -0.05) is 30.3 Å². The Morgan fingerprint density at radius 3 is 2.44 bits per heavy atom. The Labute approximate surface area is 101 Å². The van der Waals surface area contributed by atoms with Crippen molar-refractivity contribution in [3.05, 3.63) is 57.8 Å². The number of rotatable bonds is 4. The van der Waals surface area contributed by atoms with Gasteiger partial charge in [0.2, 0.25) is 0 Å². The molecule has 0 spiro atoms. The van der Waals surface area contributed by atoms with Gasteiger partial charge in [-0.15, -0.1) is 11.3 Å². The van der Waals surface area contributed by atoms with Gasteiger partial charge in [-0.3, -0.25) is 0 Å². The molecule has 0 aliphatic rings. The number of nitrogens with two attached hydrogens (primary N) is 1. The summed E-state index contributed by atoms with van der Waals surface area (Å²) in [6.07, 6.45) is 1.94. The highest BCUT2D eigenvalue weighted by atomic mass is 32.1.